The van der Waals surface area contributed by atoms with Gasteiger partial charge in [0.1, 0.15) is 11.4 Å². The van der Waals surface area contributed by atoms with Gasteiger partial charge in [0.25, 0.3) is 0 Å². The zero-order valence-electron chi connectivity index (χ0n) is 14.5. The molecular formula is C19H26O5. The summed E-state index contributed by atoms with van der Waals surface area (Å²) in [5, 5.41) is 0. The monoisotopic (exact) mass is 334 g/mol. The third kappa shape index (κ3) is 3.40. The summed E-state index contributed by atoms with van der Waals surface area (Å²) in [6, 6.07) is 0. The molecule has 24 heavy (non-hydrogen) atoms. The standard InChI is InChI=1S/C19H26O5/c1-19(2,13-6-4-3-5-7-13)24-16(20)11-23-18(22)15-10-12-8-9-14(15)17(12)21/h8-9,12-15H,3-7,10-11H2,1-2H3. The van der Waals surface area contributed by atoms with Crippen molar-refractivity contribution in [2.24, 2.45) is 23.7 Å². The average Bonchev–Trinajstić information content (AvgIpc) is 3.08. The highest BCUT2D eigenvalue weighted by molar-refractivity contribution is 5.97. The van der Waals surface area contributed by atoms with Crippen LogP contribution in [0.3, 0.4) is 0 Å². The number of hydrogen-bond donors (Lipinski definition) is 0. The predicted octanol–water partition coefficient (Wildman–Crippen LogP) is 2.82. The van der Waals surface area contributed by atoms with Crippen molar-refractivity contribution in [3.63, 3.8) is 0 Å². The topological polar surface area (TPSA) is 69.7 Å². The zero-order valence-corrected chi connectivity index (χ0v) is 14.5. The maximum Gasteiger partial charge on any atom is 0.344 e. The summed E-state index contributed by atoms with van der Waals surface area (Å²) in [5.41, 5.74) is -0.533. The van der Waals surface area contributed by atoms with E-state index in [1.54, 1.807) is 6.08 Å². The van der Waals surface area contributed by atoms with Crippen LogP contribution in [-0.2, 0) is 23.9 Å². The van der Waals surface area contributed by atoms with E-state index in [9.17, 15) is 14.4 Å². The Morgan fingerprint density at radius 3 is 2.46 bits per heavy atom. The van der Waals surface area contributed by atoms with Gasteiger partial charge in [-0.25, -0.2) is 4.79 Å². The summed E-state index contributed by atoms with van der Waals surface area (Å²) < 4.78 is 10.7. The van der Waals surface area contributed by atoms with E-state index in [0.29, 0.717) is 12.3 Å². The third-order valence-corrected chi connectivity index (χ3v) is 5.79. The van der Waals surface area contributed by atoms with Gasteiger partial charge in [0.2, 0.25) is 0 Å². The van der Waals surface area contributed by atoms with Crippen LogP contribution in [0.2, 0.25) is 0 Å². The number of ketones is 1. The number of allylic oxidation sites excluding steroid dienone is 2. The van der Waals surface area contributed by atoms with Crippen LogP contribution in [0.15, 0.2) is 12.2 Å². The fourth-order valence-corrected chi connectivity index (χ4v) is 4.32. The summed E-state index contributed by atoms with van der Waals surface area (Å²) in [6.45, 7) is 3.49. The van der Waals surface area contributed by atoms with Crippen LogP contribution < -0.4 is 0 Å². The van der Waals surface area contributed by atoms with E-state index in [-0.39, 0.29) is 24.2 Å². The minimum absolute atomic E-state index is 0.0953. The van der Waals surface area contributed by atoms with Gasteiger partial charge in [-0.3, -0.25) is 9.59 Å². The average molecular weight is 334 g/mol. The Balaban J connectivity index is 1.46. The van der Waals surface area contributed by atoms with Crippen LogP contribution in [0, 0.1) is 23.7 Å². The molecule has 0 aliphatic heterocycles. The van der Waals surface area contributed by atoms with Gasteiger partial charge in [0.15, 0.2) is 6.61 Å². The van der Waals surface area contributed by atoms with Gasteiger partial charge >= 0.3 is 11.9 Å². The van der Waals surface area contributed by atoms with E-state index in [1.165, 1.54) is 19.3 Å². The smallest absolute Gasteiger partial charge is 0.344 e. The fraction of sp³-hybridized carbons (Fsp3) is 0.737. The van der Waals surface area contributed by atoms with Crippen molar-refractivity contribution < 1.29 is 23.9 Å². The lowest BCUT2D eigenvalue weighted by molar-refractivity contribution is -0.174. The molecule has 3 aliphatic rings. The Hall–Kier alpha value is -1.65. The summed E-state index contributed by atoms with van der Waals surface area (Å²) in [5.74, 6) is -1.47. The Bertz CT molecular complexity index is 556. The molecule has 0 radical (unpaired) electrons. The normalized spacial score (nSPS) is 29.8. The number of Topliss-reactive ketones (excluding diaryl/α,β-unsaturated/α-hetero) is 1. The minimum atomic E-state index is -0.533. The molecule has 132 valence electrons. The number of rotatable bonds is 5. The largest absolute Gasteiger partial charge is 0.457 e. The van der Waals surface area contributed by atoms with E-state index in [0.717, 1.165) is 12.8 Å². The zero-order chi connectivity index (χ0) is 17.3. The lowest BCUT2D eigenvalue weighted by Gasteiger charge is -2.36. The van der Waals surface area contributed by atoms with Crippen LogP contribution in [-0.4, -0.2) is 29.9 Å². The quantitative estimate of drug-likeness (QED) is 0.571. The Labute approximate surface area is 142 Å². The van der Waals surface area contributed by atoms with Crippen LogP contribution in [0.4, 0.5) is 0 Å². The maximum absolute atomic E-state index is 12.1. The summed E-state index contributed by atoms with van der Waals surface area (Å²) in [4.78, 5) is 36.0. The Morgan fingerprint density at radius 1 is 1.17 bits per heavy atom. The fourth-order valence-electron chi connectivity index (χ4n) is 4.32. The Morgan fingerprint density at radius 2 is 1.88 bits per heavy atom. The molecule has 5 heteroatoms. The summed E-state index contributed by atoms with van der Waals surface area (Å²) >= 11 is 0. The van der Waals surface area contributed by atoms with Crippen molar-refractivity contribution in [1.82, 2.24) is 0 Å². The molecule has 0 spiro atoms. The van der Waals surface area contributed by atoms with Crippen molar-refractivity contribution in [3.8, 4) is 0 Å². The molecule has 3 atom stereocenters. The highest BCUT2D eigenvalue weighted by Gasteiger charge is 2.47. The molecule has 3 unspecified atom stereocenters. The van der Waals surface area contributed by atoms with Gasteiger partial charge in [0.05, 0.1) is 5.92 Å². The van der Waals surface area contributed by atoms with Crippen LogP contribution in [0.1, 0.15) is 52.4 Å². The van der Waals surface area contributed by atoms with Crippen molar-refractivity contribution >= 4 is 17.7 Å². The highest BCUT2D eigenvalue weighted by atomic mass is 16.6. The lowest BCUT2D eigenvalue weighted by atomic mass is 9.79. The molecule has 0 amide bonds. The third-order valence-electron chi connectivity index (χ3n) is 5.79. The maximum atomic E-state index is 12.1. The van der Waals surface area contributed by atoms with Gasteiger partial charge in [0, 0.05) is 11.8 Å². The van der Waals surface area contributed by atoms with Crippen LogP contribution in [0.25, 0.3) is 0 Å². The number of carbonyl (C=O) groups excluding carboxylic acids is 3. The van der Waals surface area contributed by atoms with E-state index in [2.05, 4.69) is 0 Å². The van der Waals surface area contributed by atoms with E-state index < -0.39 is 23.5 Å². The summed E-state index contributed by atoms with van der Waals surface area (Å²) in [7, 11) is 0. The number of ether oxygens (including phenoxy) is 2. The second kappa shape index (κ2) is 6.69. The number of hydrogen-bond acceptors (Lipinski definition) is 5. The summed E-state index contributed by atoms with van der Waals surface area (Å²) in [6.07, 6.45) is 9.87. The Kier molecular flexibility index (Phi) is 4.79. The molecule has 2 saturated carbocycles. The van der Waals surface area contributed by atoms with Crippen molar-refractivity contribution in [2.75, 3.05) is 6.61 Å². The molecule has 2 fully saturated rings. The van der Waals surface area contributed by atoms with Crippen molar-refractivity contribution in [1.29, 1.82) is 0 Å². The van der Waals surface area contributed by atoms with Gasteiger partial charge in [-0.1, -0.05) is 31.4 Å². The first-order valence-electron chi connectivity index (χ1n) is 8.99. The first kappa shape index (κ1) is 17.2. The predicted molar refractivity (Wildman–Crippen MR) is 86.9 cm³/mol. The van der Waals surface area contributed by atoms with E-state index in [1.807, 2.05) is 19.9 Å². The molecule has 0 aromatic carbocycles. The molecule has 3 rings (SSSR count). The minimum Gasteiger partial charge on any atom is -0.457 e. The van der Waals surface area contributed by atoms with Crippen LogP contribution >= 0.6 is 0 Å². The lowest BCUT2D eigenvalue weighted by Crippen LogP contribution is -2.39. The molecule has 0 aromatic heterocycles. The van der Waals surface area contributed by atoms with Crippen LogP contribution in [0.5, 0.6) is 0 Å². The molecule has 3 aliphatic carbocycles. The van der Waals surface area contributed by atoms with Gasteiger partial charge in [-0.15, -0.1) is 0 Å². The van der Waals surface area contributed by atoms with E-state index in [4.69, 9.17) is 9.47 Å². The second-order valence-corrected chi connectivity index (χ2v) is 7.78. The molecular weight excluding hydrogens is 308 g/mol. The molecule has 0 N–H and O–H groups in total. The first-order chi connectivity index (χ1) is 11.4. The first-order valence-corrected chi connectivity index (χ1v) is 8.99. The van der Waals surface area contributed by atoms with Crippen molar-refractivity contribution in [2.45, 2.75) is 58.0 Å². The molecule has 0 aromatic rings. The van der Waals surface area contributed by atoms with Gasteiger partial charge in [-0.2, -0.15) is 0 Å². The van der Waals surface area contributed by atoms with Gasteiger partial charge < -0.3 is 9.47 Å². The number of fused-ring (bicyclic) bond motifs is 2. The molecule has 0 saturated heterocycles. The van der Waals surface area contributed by atoms with Gasteiger partial charge in [-0.05, 0) is 39.0 Å². The molecule has 5 nitrogen and oxygen atoms in total. The highest BCUT2D eigenvalue weighted by Crippen LogP contribution is 2.41. The molecule has 0 heterocycles. The number of carbonyl (C=O) groups is 3. The van der Waals surface area contributed by atoms with Crippen molar-refractivity contribution in [3.05, 3.63) is 12.2 Å². The SMILES string of the molecule is CC(C)(OC(=O)COC(=O)C1CC2C=CC1C2=O)C1CCCCC1. The number of esters is 2. The van der Waals surface area contributed by atoms with E-state index >= 15 is 0 Å². The second-order valence-electron chi connectivity index (χ2n) is 7.78. The molecule has 2 bridgehead atoms.